The van der Waals surface area contributed by atoms with Gasteiger partial charge in [-0.2, -0.15) is 0 Å². The number of hydrogen-bond donors (Lipinski definition) is 0. The van der Waals surface area contributed by atoms with Gasteiger partial charge in [-0.15, -0.1) is 0 Å². The van der Waals surface area contributed by atoms with Crippen LogP contribution in [0.15, 0.2) is 58.5 Å². The van der Waals surface area contributed by atoms with Gasteiger partial charge in [-0.3, -0.25) is 9.36 Å². The van der Waals surface area contributed by atoms with Crippen LogP contribution in [0.25, 0.3) is 16.6 Å². The highest BCUT2D eigenvalue weighted by Crippen LogP contribution is 2.25. The van der Waals surface area contributed by atoms with E-state index in [-0.39, 0.29) is 11.7 Å². The van der Waals surface area contributed by atoms with E-state index in [1.54, 1.807) is 23.4 Å². The van der Waals surface area contributed by atoms with Gasteiger partial charge in [0.25, 0.3) is 5.56 Å². The summed E-state index contributed by atoms with van der Waals surface area (Å²) in [6.45, 7) is 0.821. The number of nitrogens with zero attached hydrogens (tertiary/aromatic N) is 2. The van der Waals surface area contributed by atoms with Crippen LogP contribution >= 0.6 is 11.8 Å². The zero-order valence-electron chi connectivity index (χ0n) is 15.3. The van der Waals surface area contributed by atoms with Crippen molar-refractivity contribution in [2.75, 3.05) is 19.5 Å². The van der Waals surface area contributed by atoms with Crippen molar-refractivity contribution in [3.8, 4) is 11.4 Å². The highest BCUT2D eigenvalue weighted by atomic mass is 32.2. The summed E-state index contributed by atoms with van der Waals surface area (Å²) < 4.78 is 12.8. The van der Waals surface area contributed by atoms with E-state index in [1.165, 1.54) is 6.42 Å². The highest BCUT2D eigenvalue weighted by Gasteiger charge is 2.18. The summed E-state index contributed by atoms with van der Waals surface area (Å²) in [6.07, 6.45) is 3.61. The minimum Gasteiger partial charge on any atom is -0.497 e. The van der Waals surface area contributed by atoms with Crippen molar-refractivity contribution in [1.82, 2.24) is 9.55 Å². The number of benzene rings is 2. The summed E-state index contributed by atoms with van der Waals surface area (Å²) in [5.41, 5.74) is 1.45. The lowest BCUT2D eigenvalue weighted by molar-refractivity contribution is 0.0315. The molecule has 0 spiro atoms. The Bertz CT molecular complexity index is 979. The second-order valence-electron chi connectivity index (χ2n) is 6.55. The first-order valence-electron chi connectivity index (χ1n) is 9.17. The molecule has 4 rings (SSSR count). The molecule has 1 aliphatic rings. The Morgan fingerprint density at radius 1 is 1.19 bits per heavy atom. The Hall–Kier alpha value is -2.31. The normalized spacial score (nSPS) is 17.1. The summed E-state index contributed by atoms with van der Waals surface area (Å²) in [6, 6.07) is 15.0. The monoisotopic (exact) mass is 382 g/mol. The topological polar surface area (TPSA) is 53.4 Å². The van der Waals surface area contributed by atoms with Crippen LogP contribution in [-0.2, 0) is 4.74 Å². The molecule has 0 saturated carbocycles. The van der Waals surface area contributed by atoms with Gasteiger partial charge in [0, 0.05) is 12.4 Å². The van der Waals surface area contributed by atoms with Gasteiger partial charge >= 0.3 is 0 Å². The minimum absolute atomic E-state index is 0.0576. The zero-order chi connectivity index (χ0) is 18.6. The Labute approximate surface area is 162 Å². The first kappa shape index (κ1) is 18.1. The molecule has 2 aromatic carbocycles. The summed E-state index contributed by atoms with van der Waals surface area (Å²) in [4.78, 5) is 18.0. The van der Waals surface area contributed by atoms with Gasteiger partial charge < -0.3 is 9.47 Å². The van der Waals surface area contributed by atoms with E-state index in [0.29, 0.717) is 10.5 Å². The second kappa shape index (κ2) is 8.15. The molecule has 0 aliphatic carbocycles. The van der Waals surface area contributed by atoms with E-state index in [9.17, 15) is 4.79 Å². The van der Waals surface area contributed by atoms with Gasteiger partial charge in [-0.1, -0.05) is 23.9 Å². The Balaban J connectivity index is 1.75. The molecule has 0 unspecified atom stereocenters. The van der Waals surface area contributed by atoms with Crippen molar-refractivity contribution in [3.05, 3.63) is 58.9 Å². The third-order valence-corrected chi connectivity index (χ3v) is 5.82. The van der Waals surface area contributed by atoms with Crippen LogP contribution in [0, 0.1) is 0 Å². The molecule has 0 N–H and O–H groups in total. The number of ether oxygens (including phenoxy) is 2. The third-order valence-electron chi connectivity index (χ3n) is 4.75. The van der Waals surface area contributed by atoms with E-state index >= 15 is 0 Å². The fourth-order valence-electron chi connectivity index (χ4n) is 3.27. The fourth-order valence-corrected chi connectivity index (χ4v) is 4.35. The van der Waals surface area contributed by atoms with Crippen molar-refractivity contribution >= 4 is 22.7 Å². The largest absolute Gasteiger partial charge is 0.497 e. The van der Waals surface area contributed by atoms with Crippen LogP contribution in [0.3, 0.4) is 0 Å². The van der Waals surface area contributed by atoms with Crippen LogP contribution in [0.1, 0.15) is 19.3 Å². The van der Waals surface area contributed by atoms with Gasteiger partial charge in [0.2, 0.25) is 0 Å². The lowest BCUT2D eigenvalue weighted by Gasteiger charge is -2.22. The summed E-state index contributed by atoms with van der Waals surface area (Å²) in [7, 11) is 1.63. The molecule has 27 heavy (non-hydrogen) atoms. The molecule has 5 nitrogen and oxygen atoms in total. The van der Waals surface area contributed by atoms with E-state index in [4.69, 9.17) is 14.5 Å². The van der Waals surface area contributed by atoms with Crippen molar-refractivity contribution < 1.29 is 9.47 Å². The Kier molecular flexibility index (Phi) is 5.45. The molecule has 140 valence electrons. The standard InChI is InChI=1S/C21H22N2O3S/c1-25-16-11-9-15(10-12-16)23-20(24)18-7-2-3-8-19(18)22-21(23)27-14-17-6-4-5-13-26-17/h2-3,7-12,17H,4-6,13-14H2,1H3/t17-/m1/s1. The van der Waals surface area contributed by atoms with Crippen LogP contribution in [0.2, 0.25) is 0 Å². The molecule has 1 saturated heterocycles. The molecule has 0 bridgehead atoms. The third kappa shape index (κ3) is 3.87. The van der Waals surface area contributed by atoms with E-state index in [0.717, 1.165) is 42.2 Å². The first-order valence-corrected chi connectivity index (χ1v) is 10.2. The van der Waals surface area contributed by atoms with E-state index in [2.05, 4.69) is 0 Å². The number of fused-ring (bicyclic) bond motifs is 1. The van der Waals surface area contributed by atoms with Crippen LogP contribution in [-0.4, -0.2) is 35.1 Å². The number of rotatable bonds is 5. The van der Waals surface area contributed by atoms with Gasteiger partial charge in [-0.25, -0.2) is 4.98 Å². The maximum Gasteiger partial charge on any atom is 0.266 e. The molecular weight excluding hydrogens is 360 g/mol. The summed E-state index contributed by atoms with van der Waals surface area (Å²) >= 11 is 1.58. The first-order chi connectivity index (χ1) is 13.3. The van der Waals surface area contributed by atoms with Crippen molar-refractivity contribution in [1.29, 1.82) is 0 Å². The van der Waals surface area contributed by atoms with Crippen LogP contribution in [0.5, 0.6) is 5.75 Å². The number of methoxy groups -OCH3 is 1. The summed E-state index contributed by atoms with van der Waals surface area (Å²) in [5, 5.41) is 1.31. The molecule has 1 atom stereocenters. The maximum atomic E-state index is 13.2. The van der Waals surface area contributed by atoms with Crippen LogP contribution in [0.4, 0.5) is 0 Å². The van der Waals surface area contributed by atoms with Gasteiger partial charge in [-0.05, 0) is 55.7 Å². The van der Waals surface area contributed by atoms with Crippen LogP contribution < -0.4 is 10.3 Å². The molecule has 6 heteroatoms. The molecular formula is C21H22N2O3S. The predicted molar refractivity (Wildman–Crippen MR) is 108 cm³/mol. The average Bonchev–Trinajstić information content (AvgIpc) is 2.73. The number of aromatic nitrogens is 2. The lowest BCUT2D eigenvalue weighted by Crippen LogP contribution is -2.24. The molecule has 1 aromatic heterocycles. The fraction of sp³-hybridized carbons (Fsp3) is 0.333. The summed E-state index contributed by atoms with van der Waals surface area (Å²) in [5.74, 6) is 1.55. The van der Waals surface area contributed by atoms with Gasteiger partial charge in [0.05, 0.1) is 29.8 Å². The van der Waals surface area contributed by atoms with E-state index in [1.807, 2.05) is 48.5 Å². The highest BCUT2D eigenvalue weighted by molar-refractivity contribution is 7.99. The molecule has 0 amide bonds. The van der Waals surface area contributed by atoms with Gasteiger partial charge in [0.1, 0.15) is 5.75 Å². The predicted octanol–water partition coefficient (Wildman–Crippen LogP) is 4.06. The number of para-hydroxylation sites is 1. The molecule has 2 heterocycles. The van der Waals surface area contributed by atoms with Crippen molar-refractivity contribution in [2.24, 2.45) is 0 Å². The molecule has 0 radical (unpaired) electrons. The quantitative estimate of drug-likeness (QED) is 0.492. The smallest absolute Gasteiger partial charge is 0.266 e. The maximum absolute atomic E-state index is 13.2. The van der Waals surface area contributed by atoms with Gasteiger partial charge in [0.15, 0.2) is 5.16 Å². The molecule has 3 aromatic rings. The Morgan fingerprint density at radius 3 is 2.74 bits per heavy atom. The van der Waals surface area contributed by atoms with Crippen molar-refractivity contribution in [3.63, 3.8) is 0 Å². The Morgan fingerprint density at radius 2 is 2.00 bits per heavy atom. The molecule has 1 aliphatic heterocycles. The number of thioether (sulfide) groups is 1. The SMILES string of the molecule is COc1ccc(-n2c(SC[C@H]3CCCCO3)nc3ccccc3c2=O)cc1. The minimum atomic E-state index is -0.0576. The number of hydrogen-bond acceptors (Lipinski definition) is 5. The zero-order valence-corrected chi connectivity index (χ0v) is 16.1. The second-order valence-corrected chi connectivity index (χ2v) is 7.54. The average molecular weight is 382 g/mol. The lowest BCUT2D eigenvalue weighted by atomic mass is 10.1. The van der Waals surface area contributed by atoms with Crippen molar-refractivity contribution in [2.45, 2.75) is 30.5 Å². The molecule has 1 fully saturated rings. The van der Waals surface area contributed by atoms with E-state index < -0.39 is 0 Å².